The molecule has 0 amide bonds. The van der Waals surface area contributed by atoms with Crippen LogP contribution < -0.4 is 0 Å². The molecule has 0 bridgehead atoms. The Kier molecular flexibility index (Phi) is 2.89. The van der Waals surface area contributed by atoms with Crippen molar-refractivity contribution < 1.29 is 0 Å². The first-order valence-corrected chi connectivity index (χ1v) is 3.88. The van der Waals surface area contributed by atoms with Gasteiger partial charge in [0.1, 0.15) is 6.07 Å². The molecule has 3 nitrogen and oxygen atoms in total. The fraction of sp³-hybridized carbons (Fsp3) is 0.250. The van der Waals surface area contributed by atoms with E-state index in [1.807, 2.05) is 13.0 Å². The number of imidazole rings is 1. The third kappa shape index (κ3) is 1.86. The molecule has 0 aromatic carbocycles. The summed E-state index contributed by atoms with van der Waals surface area (Å²) in [6.45, 7) is 2.51. The Hall–Kier alpha value is -1.27. The van der Waals surface area contributed by atoms with Crippen molar-refractivity contribution in [3.05, 3.63) is 29.3 Å². The molecule has 12 heavy (non-hydrogen) atoms. The molecular formula is C8H8ClN3. The predicted molar refractivity (Wildman–Crippen MR) is 46.6 cm³/mol. The first-order valence-electron chi connectivity index (χ1n) is 3.45. The molecule has 1 aromatic rings. The third-order valence-electron chi connectivity index (χ3n) is 1.42. The van der Waals surface area contributed by atoms with Crippen LogP contribution in [0.5, 0.6) is 0 Å². The molecule has 0 fully saturated rings. The maximum absolute atomic E-state index is 8.61. The molecule has 1 rings (SSSR count). The molecule has 0 N–H and O–H groups in total. The van der Waals surface area contributed by atoms with Gasteiger partial charge in [0.2, 0.25) is 5.82 Å². The van der Waals surface area contributed by atoms with Gasteiger partial charge in [-0.3, -0.25) is 0 Å². The highest BCUT2D eigenvalue weighted by molar-refractivity contribution is 6.25. The molecule has 0 aliphatic carbocycles. The average Bonchev–Trinajstić information content (AvgIpc) is 2.51. The summed E-state index contributed by atoms with van der Waals surface area (Å²) in [6, 6.07) is 1.99. The number of hydrogen-bond donors (Lipinski definition) is 0. The van der Waals surface area contributed by atoms with E-state index in [0.29, 0.717) is 12.4 Å². The minimum Gasteiger partial charge on any atom is -0.319 e. The van der Waals surface area contributed by atoms with Gasteiger partial charge in [-0.05, 0) is 12.5 Å². The molecule has 1 aromatic heterocycles. The van der Waals surface area contributed by atoms with E-state index in [2.05, 4.69) is 4.98 Å². The molecule has 1 heterocycles. The lowest BCUT2D eigenvalue weighted by Crippen LogP contribution is -2.00. The molecule has 0 saturated heterocycles. The lowest BCUT2D eigenvalue weighted by molar-refractivity contribution is 0.770. The highest BCUT2D eigenvalue weighted by Gasteiger charge is 2.00. The number of hydrogen-bond acceptors (Lipinski definition) is 2. The molecule has 0 spiro atoms. The number of aromatic nitrogens is 2. The van der Waals surface area contributed by atoms with Crippen LogP contribution in [0.25, 0.3) is 0 Å². The van der Waals surface area contributed by atoms with Crippen LogP contribution in [0.4, 0.5) is 0 Å². The Morgan fingerprint density at radius 2 is 2.67 bits per heavy atom. The fourth-order valence-corrected chi connectivity index (χ4v) is 0.922. The van der Waals surface area contributed by atoms with Crippen LogP contribution in [0.15, 0.2) is 23.5 Å². The topological polar surface area (TPSA) is 41.6 Å². The number of halogens is 1. The Morgan fingerprint density at radius 1 is 1.92 bits per heavy atom. The highest BCUT2D eigenvalue weighted by Crippen LogP contribution is 2.03. The van der Waals surface area contributed by atoms with Crippen LogP contribution in [0.2, 0.25) is 0 Å². The first-order chi connectivity index (χ1) is 5.77. The number of rotatable bonds is 2. The second kappa shape index (κ2) is 3.93. The molecule has 0 aliphatic heterocycles. The van der Waals surface area contributed by atoms with Crippen molar-refractivity contribution in [1.29, 1.82) is 5.26 Å². The summed E-state index contributed by atoms with van der Waals surface area (Å²) in [5.74, 6) is 0.410. The van der Waals surface area contributed by atoms with Crippen molar-refractivity contribution in [3.8, 4) is 6.07 Å². The van der Waals surface area contributed by atoms with Crippen molar-refractivity contribution in [2.75, 3.05) is 0 Å². The molecular weight excluding hydrogens is 174 g/mol. The van der Waals surface area contributed by atoms with Crippen LogP contribution in [0.1, 0.15) is 12.7 Å². The van der Waals surface area contributed by atoms with Crippen LogP contribution in [0.3, 0.4) is 0 Å². The highest BCUT2D eigenvalue weighted by atomic mass is 35.5. The van der Waals surface area contributed by atoms with E-state index >= 15 is 0 Å². The van der Waals surface area contributed by atoms with Gasteiger partial charge in [0.15, 0.2) is 0 Å². The molecule has 4 heteroatoms. The lowest BCUT2D eigenvalue weighted by Gasteiger charge is -2.01. The third-order valence-corrected chi connectivity index (χ3v) is 1.79. The molecule has 0 radical (unpaired) electrons. The van der Waals surface area contributed by atoms with Crippen LogP contribution in [-0.2, 0) is 6.54 Å². The fourth-order valence-electron chi connectivity index (χ4n) is 0.853. The number of allylic oxidation sites excluding steroid dienone is 1. The lowest BCUT2D eigenvalue weighted by atomic mass is 10.3. The zero-order chi connectivity index (χ0) is 8.97. The van der Waals surface area contributed by atoms with E-state index in [4.69, 9.17) is 16.9 Å². The van der Waals surface area contributed by atoms with Crippen molar-refractivity contribution in [1.82, 2.24) is 9.55 Å². The SMILES string of the molecule is C/C(=C/Cl)Cn1ccnc1C#N. The van der Waals surface area contributed by atoms with Gasteiger partial charge in [-0.15, -0.1) is 0 Å². The van der Waals surface area contributed by atoms with Crippen molar-refractivity contribution in [3.63, 3.8) is 0 Å². The summed E-state index contributed by atoms with van der Waals surface area (Å²) >= 11 is 5.49. The summed E-state index contributed by atoms with van der Waals surface area (Å²) in [7, 11) is 0. The summed E-state index contributed by atoms with van der Waals surface area (Å²) in [5, 5.41) is 8.61. The number of nitrogens with zero attached hydrogens (tertiary/aromatic N) is 3. The maximum atomic E-state index is 8.61. The van der Waals surface area contributed by atoms with Crippen LogP contribution in [-0.4, -0.2) is 9.55 Å². The second-order valence-electron chi connectivity index (χ2n) is 2.45. The molecule has 0 saturated carbocycles. The summed E-state index contributed by atoms with van der Waals surface area (Å²) in [4.78, 5) is 3.85. The second-order valence-corrected chi connectivity index (χ2v) is 2.66. The Morgan fingerprint density at radius 3 is 3.25 bits per heavy atom. The van der Waals surface area contributed by atoms with E-state index in [1.54, 1.807) is 17.0 Å². The van der Waals surface area contributed by atoms with Gasteiger partial charge < -0.3 is 4.57 Å². The first kappa shape index (κ1) is 8.82. The molecule has 0 atom stereocenters. The van der Waals surface area contributed by atoms with Crippen LogP contribution >= 0.6 is 11.6 Å². The summed E-state index contributed by atoms with van der Waals surface area (Å²) in [6.07, 6.45) is 3.35. The zero-order valence-electron chi connectivity index (χ0n) is 6.66. The Balaban J connectivity index is 2.83. The minimum atomic E-state index is 0.410. The predicted octanol–water partition coefficient (Wildman–Crippen LogP) is 1.90. The smallest absolute Gasteiger partial charge is 0.213 e. The number of nitriles is 1. The van der Waals surface area contributed by atoms with E-state index in [-0.39, 0.29) is 0 Å². The van der Waals surface area contributed by atoms with E-state index in [9.17, 15) is 0 Å². The van der Waals surface area contributed by atoms with Crippen molar-refractivity contribution in [2.24, 2.45) is 0 Å². The monoisotopic (exact) mass is 181 g/mol. The normalized spacial score (nSPS) is 11.2. The molecule has 62 valence electrons. The van der Waals surface area contributed by atoms with E-state index < -0.39 is 0 Å². The van der Waals surface area contributed by atoms with Crippen molar-refractivity contribution >= 4 is 11.6 Å². The molecule has 0 aliphatic rings. The van der Waals surface area contributed by atoms with Crippen molar-refractivity contribution in [2.45, 2.75) is 13.5 Å². The van der Waals surface area contributed by atoms with Gasteiger partial charge in [-0.2, -0.15) is 5.26 Å². The summed E-state index contributed by atoms with van der Waals surface area (Å²) in [5.41, 5.74) is 2.49. The zero-order valence-corrected chi connectivity index (χ0v) is 7.41. The van der Waals surface area contributed by atoms with Gasteiger partial charge in [-0.25, -0.2) is 4.98 Å². The van der Waals surface area contributed by atoms with Gasteiger partial charge in [0.25, 0.3) is 0 Å². The molecule has 0 unspecified atom stereocenters. The summed E-state index contributed by atoms with van der Waals surface area (Å²) < 4.78 is 1.74. The Labute approximate surface area is 75.9 Å². The quantitative estimate of drug-likeness (QED) is 0.699. The van der Waals surface area contributed by atoms with Gasteiger partial charge in [0.05, 0.1) is 0 Å². The van der Waals surface area contributed by atoms with Gasteiger partial charge >= 0.3 is 0 Å². The van der Waals surface area contributed by atoms with E-state index in [1.165, 1.54) is 5.54 Å². The average molecular weight is 182 g/mol. The standard InChI is InChI=1S/C8H8ClN3/c1-7(4-9)6-12-3-2-11-8(12)5-10/h2-4H,6H2,1H3/b7-4-. The maximum Gasteiger partial charge on any atom is 0.213 e. The van der Waals surface area contributed by atoms with E-state index in [0.717, 1.165) is 5.57 Å². The Bertz CT molecular complexity index is 332. The largest absolute Gasteiger partial charge is 0.319 e. The minimum absolute atomic E-state index is 0.410. The van der Waals surface area contributed by atoms with Gasteiger partial charge in [-0.1, -0.05) is 11.6 Å². The van der Waals surface area contributed by atoms with Gasteiger partial charge in [0, 0.05) is 24.5 Å². The van der Waals surface area contributed by atoms with Crippen LogP contribution in [0, 0.1) is 11.3 Å².